The van der Waals surface area contributed by atoms with Gasteiger partial charge in [0.1, 0.15) is 6.54 Å². The van der Waals surface area contributed by atoms with Crippen molar-refractivity contribution in [3.63, 3.8) is 0 Å². The number of carbonyl (C=O) groups excluding carboxylic acids is 2. The molecule has 0 atom stereocenters. The molecule has 6 heteroatoms. The van der Waals surface area contributed by atoms with Gasteiger partial charge in [-0.15, -0.1) is 10.2 Å². The van der Waals surface area contributed by atoms with E-state index in [1.165, 1.54) is 4.90 Å². The molecule has 25 heavy (non-hydrogen) atoms. The molecular weight excluding hydrogens is 318 g/mol. The summed E-state index contributed by atoms with van der Waals surface area (Å²) in [6, 6.07) is 16.6. The number of anilines is 1. The third-order valence-corrected chi connectivity index (χ3v) is 3.87. The van der Waals surface area contributed by atoms with Gasteiger partial charge in [-0.05, 0) is 23.8 Å². The number of para-hydroxylation sites is 1. The lowest BCUT2D eigenvalue weighted by molar-refractivity contribution is -0.114. The molecule has 0 saturated heterocycles. The number of Topliss-reactive ketones (excluding diaryl/α,β-unsaturated/α-hetero) is 1. The van der Waals surface area contributed by atoms with E-state index in [2.05, 4.69) is 10.2 Å². The number of hydrogen-bond donors (Lipinski definition) is 0. The molecule has 0 bridgehead atoms. The lowest BCUT2D eigenvalue weighted by atomic mass is 10.1. The van der Waals surface area contributed by atoms with Crippen LogP contribution in [0.15, 0.2) is 59.0 Å². The van der Waals surface area contributed by atoms with Crippen molar-refractivity contribution in [3.8, 4) is 0 Å². The molecule has 0 aliphatic carbocycles. The molecule has 4 rings (SSSR count). The van der Waals surface area contributed by atoms with E-state index in [4.69, 9.17) is 4.42 Å². The topological polar surface area (TPSA) is 76.3 Å². The summed E-state index contributed by atoms with van der Waals surface area (Å²) in [5, 5.41) is 7.90. The fraction of sp³-hybridized carbons (Fsp3) is 0.0526. The van der Waals surface area contributed by atoms with Crippen molar-refractivity contribution in [1.29, 1.82) is 0 Å². The monoisotopic (exact) mass is 331 g/mol. The molecule has 2 aromatic carbocycles. The molecule has 0 N–H and O–H groups in total. The highest BCUT2D eigenvalue weighted by atomic mass is 16.4. The van der Waals surface area contributed by atoms with Crippen molar-refractivity contribution < 1.29 is 14.0 Å². The Bertz CT molecular complexity index is 976. The van der Waals surface area contributed by atoms with E-state index in [1.807, 2.05) is 36.4 Å². The summed E-state index contributed by atoms with van der Waals surface area (Å²) >= 11 is 0. The number of rotatable bonds is 4. The first-order chi connectivity index (χ1) is 12.2. The van der Waals surface area contributed by atoms with E-state index in [1.54, 1.807) is 30.3 Å². The minimum absolute atomic E-state index is 0.0633. The van der Waals surface area contributed by atoms with Gasteiger partial charge in [-0.25, -0.2) is 0 Å². The van der Waals surface area contributed by atoms with Gasteiger partial charge in [0, 0.05) is 6.08 Å². The average molecular weight is 331 g/mol. The Morgan fingerprint density at radius 1 is 0.920 bits per heavy atom. The number of carbonyl (C=O) groups is 2. The van der Waals surface area contributed by atoms with E-state index in [0.717, 1.165) is 5.56 Å². The highest BCUT2D eigenvalue weighted by Crippen LogP contribution is 2.29. The van der Waals surface area contributed by atoms with Crippen molar-refractivity contribution in [2.75, 3.05) is 4.90 Å². The van der Waals surface area contributed by atoms with Crippen molar-refractivity contribution >= 4 is 29.5 Å². The van der Waals surface area contributed by atoms with Crippen LogP contribution in [-0.2, 0) is 11.3 Å². The van der Waals surface area contributed by atoms with Crippen LogP contribution >= 0.6 is 0 Å². The van der Waals surface area contributed by atoms with Crippen LogP contribution in [0.3, 0.4) is 0 Å². The number of fused-ring (bicyclic) bond motifs is 1. The largest absolute Gasteiger partial charge is 0.419 e. The van der Waals surface area contributed by atoms with Crippen LogP contribution in [0.1, 0.15) is 27.7 Å². The van der Waals surface area contributed by atoms with Gasteiger partial charge in [0.05, 0.1) is 11.3 Å². The van der Waals surface area contributed by atoms with E-state index >= 15 is 0 Å². The van der Waals surface area contributed by atoms with Crippen LogP contribution < -0.4 is 4.90 Å². The van der Waals surface area contributed by atoms with Gasteiger partial charge in [0.2, 0.25) is 11.8 Å². The molecule has 6 nitrogen and oxygen atoms in total. The summed E-state index contributed by atoms with van der Waals surface area (Å²) in [5.74, 6) is -0.490. The zero-order valence-corrected chi connectivity index (χ0v) is 13.1. The highest BCUT2D eigenvalue weighted by Gasteiger charge is 2.36. The maximum atomic E-state index is 12.2. The van der Waals surface area contributed by atoms with Gasteiger partial charge < -0.3 is 4.42 Å². The van der Waals surface area contributed by atoms with Gasteiger partial charge in [0.15, 0.2) is 0 Å². The van der Waals surface area contributed by atoms with Crippen molar-refractivity contribution in [2.45, 2.75) is 6.54 Å². The summed E-state index contributed by atoms with van der Waals surface area (Å²) in [4.78, 5) is 25.5. The Hall–Kier alpha value is -3.54. The number of amides is 1. The molecule has 1 amide bonds. The van der Waals surface area contributed by atoms with Crippen molar-refractivity contribution in [2.24, 2.45) is 0 Å². The molecule has 0 fully saturated rings. The second-order valence-electron chi connectivity index (χ2n) is 5.52. The lowest BCUT2D eigenvalue weighted by Crippen LogP contribution is -2.29. The first kappa shape index (κ1) is 15.0. The quantitative estimate of drug-likeness (QED) is 0.687. The average Bonchev–Trinajstić information content (AvgIpc) is 3.20. The summed E-state index contributed by atoms with van der Waals surface area (Å²) in [5.41, 5.74) is 1.98. The molecular formula is C19H13N3O3. The lowest BCUT2D eigenvalue weighted by Gasteiger charge is -2.13. The zero-order chi connectivity index (χ0) is 17.2. The summed E-state index contributed by atoms with van der Waals surface area (Å²) in [6.45, 7) is 0.0633. The smallest absolute Gasteiger partial charge is 0.299 e. The predicted molar refractivity (Wildman–Crippen MR) is 91.6 cm³/mol. The second kappa shape index (κ2) is 6.16. The van der Waals surface area contributed by atoms with Crippen LogP contribution in [0.5, 0.6) is 0 Å². The highest BCUT2D eigenvalue weighted by molar-refractivity contribution is 6.52. The molecule has 1 aliphatic rings. The molecule has 122 valence electrons. The third-order valence-electron chi connectivity index (χ3n) is 3.87. The molecule has 0 unspecified atom stereocenters. The van der Waals surface area contributed by atoms with E-state index in [0.29, 0.717) is 17.1 Å². The van der Waals surface area contributed by atoms with Gasteiger partial charge in [-0.2, -0.15) is 0 Å². The van der Waals surface area contributed by atoms with Crippen molar-refractivity contribution in [1.82, 2.24) is 10.2 Å². The maximum absolute atomic E-state index is 12.2. The fourth-order valence-corrected chi connectivity index (χ4v) is 2.67. The van der Waals surface area contributed by atoms with Crippen molar-refractivity contribution in [3.05, 3.63) is 77.5 Å². The van der Waals surface area contributed by atoms with E-state index < -0.39 is 11.7 Å². The zero-order valence-electron chi connectivity index (χ0n) is 13.1. The Morgan fingerprint density at radius 3 is 2.52 bits per heavy atom. The molecule has 0 saturated carbocycles. The van der Waals surface area contributed by atoms with E-state index in [9.17, 15) is 9.59 Å². The van der Waals surface area contributed by atoms with Gasteiger partial charge in [-0.1, -0.05) is 42.5 Å². The van der Waals surface area contributed by atoms with Crippen LogP contribution in [0.4, 0.5) is 5.69 Å². The third kappa shape index (κ3) is 2.85. The standard InChI is InChI=1S/C19H13N3O3/c23-18-14-8-4-5-9-15(14)22(19(18)24)12-17-21-20-16(25-17)11-10-13-6-2-1-3-7-13/h1-11H,12H2/b11-10+. The SMILES string of the molecule is O=C1C(=O)N(Cc2nnc(/C=C/c3ccccc3)o2)c2ccccc21. The minimum Gasteiger partial charge on any atom is -0.419 e. The van der Waals surface area contributed by atoms with Gasteiger partial charge in [-0.3, -0.25) is 14.5 Å². The molecule has 2 heterocycles. The Labute approximate surface area is 143 Å². The van der Waals surface area contributed by atoms with Gasteiger partial charge in [0.25, 0.3) is 11.7 Å². The Morgan fingerprint density at radius 2 is 1.68 bits per heavy atom. The summed E-state index contributed by atoms with van der Waals surface area (Å²) in [7, 11) is 0. The number of benzene rings is 2. The number of hydrogen-bond acceptors (Lipinski definition) is 5. The van der Waals surface area contributed by atoms with Crippen LogP contribution in [0.2, 0.25) is 0 Å². The van der Waals surface area contributed by atoms with E-state index in [-0.39, 0.29) is 12.4 Å². The fourth-order valence-electron chi connectivity index (χ4n) is 2.67. The van der Waals surface area contributed by atoms with Crippen LogP contribution in [-0.4, -0.2) is 21.9 Å². The normalized spacial score (nSPS) is 13.7. The molecule has 0 spiro atoms. The number of aromatic nitrogens is 2. The Kier molecular flexibility index (Phi) is 3.70. The molecule has 1 aromatic heterocycles. The minimum atomic E-state index is -0.583. The molecule has 1 aliphatic heterocycles. The number of ketones is 1. The molecule has 0 radical (unpaired) electrons. The maximum Gasteiger partial charge on any atom is 0.299 e. The van der Waals surface area contributed by atoms with Crippen LogP contribution in [0.25, 0.3) is 12.2 Å². The number of nitrogens with zero attached hydrogens (tertiary/aromatic N) is 3. The first-order valence-electron chi connectivity index (χ1n) is 7.73. The molecule has 3 aromatic rings. The Balaban J connectivity index is 1.53. The summed E-state index contributed by atoms with van der Waals surface area (Å²) in [6.07, 6.45) is 3.56. The first-order valence-corrected chi connectivity index (χ1v) is 7.73. The van der Waals surface area contributed by atoms with Gasteiger partial charge >= 0.3 is 0 Å². The second-order valence-corrected chi connectivity index (χ2v) is 5.52. The predicted octanol–water partition coefficient (Wildman–Crippen LogP) is 2.97. The summed E-state index contributed by atoms with van der Waals surface area (Å²) < 4.78 is 5.55. The van der Waals surface area contributed by atoms with Crippen LogP contribution in [0, 0.1) is 0 Å².